The molecule has 37 heavy (non-hydrogen) atoms. The minimum atomic E-state index is -4.14. The van der Waals surface area contributed by atoms with Gasteiger partial charge in [0.25, 0.3) is 0 Å². The molecule has 0 radical (unpaired) electrons. The molecule has 3 atom stereocenters. The number of benzene rings is 1. The number of hydrogen-bond donors (Lipinski definition) is 1. The van der Waals surface area contributed by atoms with Crippen molar-refractivity contribution in [2.45, 2.75) is 44.6 Å². The highest BCUT2D eigenvalue weighted by atomic mass is 32.2. The summed E-state index contributed by atoms with van der Waals surface area (Å²) < 4.78 is 75.7. The average Bonchev–Trinajstić information content (AvgIpc) is 3.20. The Morgan fingerprint density at radius 2 is 1.92 bits per heavy atom. The monoisotopic (exact) mass is 538 g/mol. The second-order valence-electron chi connectivity index (χ2n) is 8.66. The van der Waals surface area contributed by atoms with Gasteiger partial charge in [-0.05, 0) is 31.9 Å². The third-order valence-corrected chi connectivity index (χ3v) is 7.51. The van der Waals surface area contributed by atoms with E-state index in [1.54, 1.807) is 12.4 Å². The number of aryl methyl sites for hydroxylation is 1. The van der Waals surface area contributed by atoms with Crippen LogP contribution in [0.25, 0.3) is 11.4 Å². The number of rotatable bonds is 10. The van der Waals surface area contributed by atoms with Crippen LogP contribution in [0.5, 0.6) is 5.75 Å². The number of aromatic nitrogens is 5. The Kier molecular flexibility index (Phi) is 7.99. The maximum atomic E-state index is 14.1. The van der Waals surface area contributed by atoms with Crippen LogP contribution in [-0.2, 0) is 19.5 Å². The maximum Gasteiger partial charge on any atom is 0.240 e. The molecule has 3 aromatic rings. The molecule has 0 aliphatic carbocycles. The number of fused-ring (bicyclic) bond motifs is 3. The first-order chi connectivity index (χ1) is 17.7. The fourth-order valence-electron chi connectivity index (χ4n) is 3.89. The van der Waals surface area contributed by atoms with Gasteiger partial charge < -0.3 is 14.2 Å². The lowest BCUT2D eigenvalue weighted by Crippen LogP contribution is -2.35. The van der Waals surface area contributed by atoms with Crippen molar-refractivity contribution in [3.63, 3.8) is 0 Å². The van der Waals surface area contributed by atoms with E-state index in [0.29, 0.717) is 13.0 Å². The number of hydrogen-bond acceptors (Lipinski definition) is 9. The predicted molar refractivity (Wildman–Crippen MR) is 130 cm³/mol. The maximum absolute atomic E-state index is 14.1. The van der Waals surface area contributed by atoms with Gasteiger partial charge in [-0.1, -0.05) is 6.92 Å². The summed E-state index contributed by atoms with van der Waals surface area (Å²) in [6.07, 6.45) is 2.88. The van der Waals surface area contributed by atoms with Gasteiger partial charge in [0.15, 0.2) is 23.3 Å². The molecule has 1 N–H and O–H groups in total. The molecule has 200 valence electrons. The first-order valence-electron chi connectivity index (χ1n) is 11.6. The molecular formula is C23H28F2N6O5S. The molecule has 1 aliphatic heterocycles. The van der Waals surface area contributed by atoms with E-state index in [-0.39, 0.29) is 42.1 Å². The first kappa shape index (κ1) is 26.8. The number of anilines is 1. The molecule has 1 aliphatic rings. The van der Waals surface area contributed by atoms with Crippen LogP contribution >= 0.6 is 0 Å². The highest BCUT2D eigenvalue weighted by Crippen LogP contribution is 2.38. The molecule has 0 amide bonds. The molecule has 0 spiro atoms. The Morgan fingerprint density at radius 1 is 1.22 bits per heavy atom. The van der Waals surface area contributed by atoms with E-state index in [1.165, 1.54) is 18.6 Å². The molecular weight excluding hydrogens is 510 g/mol. The van der Waals surface area contributed by atoms with Gasteiger partial charge in [0, 0.05) is 32.2 Å². The number of nitrogens with one attached hydrogen (secondary N) is 1. The van der Waals surface area contributed by atoms with E-state index < -0.39 is 39.1 Å². The van der Waals surface area contributed by atoms with Crippen molar-refractivity contribution >= 4 is 16.0 Å². The van der Waals surface area contributed by atoms with Crippen molar-refractivity contribution in [1.29, 1.82) is 0 Å². The van der Waals surface area contributed by atoms with Crippen molar-refractivity contribution in [3.8, 4) is 17.1 Å². The fraction of sp³-hybridized carbons (Fsp3) is 0.478. The van der Waals surface area contributed by atoms with E-state index in [0.717, 1.165) is 17.7 Å². The van der Waals surface area contributed by atoms with Gasteiger partial charge in [0.2, 0.25) is 16.0 Å². The van der Waals surface area contributed by atoms with Gasteiger partial charge in [-0.25, -0.2) is 27.2 Å². The second-order valence-corrected chi connectivity index (χ2v) is 10.7. The van der Waals surface area contributed by atoms with Crippen molar-refractivity contribution in [2.24, 2.45) is 0 Å². The zero-order valence-electron chi connectivity index (χ0n) is 20.8. The summed E-state index contributed by atoms with van der Waals surface area (Å²) in [5, 5.41) is 6.96. The lowest BCUT2D eigenvalue weighted by Gasteiger charge is -2.24. The van der Waals surface area contributed by atoms with Crippen molar-refractivity contribution in [1.82, 2.24) is 24.7 Å². The summed E-state index contributed by atoms with van der Waals surface area (Å²) in [6, 6.07) is 1.25. The smallest absolute Gasteiger partial charge is 0.240 e. The third kappa shape index (κ3) is 5.55. The molecule has 0 fully saturated rings. The van der Waals surface area contributed by atoms with Crippen molar-refractivity contribution in [3.05, 3.63) is 47.5 Å². The zero-order chi connectivity index (χ0) is 26.7. The lowest BCUT2D eigenvalue weighted by molar-refractivity contribution is 0.0466. The van der Waals surface area contributed by atoms with Gasteiger partial charge in [0.1, 0.15) is 23.7 Å². The molecule has 2 aromatic heterocycles. The number of ether oxygens (including phenoxy) is 3. The van der Waals surface area contributed by atoms with Gasteiger partial charge in [-0.2, -0.15) is 0 Å². The van der Waals surface area contributed by atoms with Crippen LogP contribution in [0.15, 0.2) is 24.5 Å². The summed E-state index contributed by atoms with van der Waals surface area (Å²) in [5.74, 6) is -1.94. The van der Waals surface area contributed by atoms with E-state index in [1.807, 2.05) is 13.8 Å². The second kappa shape index (κ2) is 11.0. The largest absolute Gasteiger partial charge is 0.490 e. The third-order valence-electron chi connectivity index (χ3n) is 5.82. The number of nitrogens with zero attached hydrogens (tertiary/aromatic N) is 5. The standard InChI is InChI=1S/C23H28F2N6O5S/c1-5-6-35-20(21-26-9-13(2)10-27-21)14(3)37(32,33)30-23-29-28-22-16-7-17(24)18(25)8-19(16)36-12-15(11-34-4)31(22)23/h7-10,14-15,20H,5-6,11-12H2,1-4H3,(H,29,30)/t14-,15-,20+/m0/s1. The zero-order valence-corrected chi connectivity index (χ0v) is 21.6. The molecule has 0 saturated carbocycles. The van der Waals surface area contributed by atoms with E-state index in [9.17, 15) is 17.2 Å². The van der Waals surface area contributed by atoms with Crippen molar-refractivity contribution in [2.75, 3.05) is 31.7 Å². The van der Waals surface area contributed by atoms with Crippen LogP contribution in [0.3, 0.4) is 0 Å². The molecule has 1 aromatic carbocycles. The number of methoxy groups -OCH3 is 1. The van der Waals surface area contributed by atoms with Crippen LogP contribution in [0.4, 0.5) is 14.7 Å². The molecule has 4 rings (SSSR count). The minimum Gasteiger partial charge on any atom is -0.490 e. The Labute approximate surface area is 213 Å². The number of sulfonamides is 1. The van der Waals surface area contributed by atoms with Gasteiger partial charge in [-0.15, -0.1) is 10.2 Å². The summed E-state index contributed by atoms with van der Waals surface area (Å²) >= 11 is 0. The summed E-state index contributed by atoms with van der Waals surface area (Å²) in [4.78, 5) is 8.52. The summed E-state index contributed by atoms with van der Waals surface area (Å²) in [6.45, 7) is 5.57. The van der Waals surface area contributed by atoms with E-state index in [4.69, 9.17) is 14.2 Å². The van der Waals surface area contributed by atoms with Crippen LogP contribution < -0.4 is 9.46 Å². The SMILES string of the molecule is CCCO[C@@H](c1ncc(C)cn1)[C@H](C)S(=O)(=O)Nc1nnc2n1[C@@H](COC)COc1cc(F)c(F)cc1-2. The topological polar surface area (TPSA) is 130 Å². The Morgan fingerprint density at radius 3 is 2.59 bits per heavy atom. The van der Waals surface area contributed by atoms with E-state index in [2.05, 4.69) is 24.9 Å². The summed E-state index contributed by atoms with van der Waals surface area (Å²) in [5.41, 5.74) is 0.946. The van der Waals surface area contributed by atoms with Gasteiger partial charge in [-0.3, -0.25) is 9.29 Å². The van der Waals surface area contributed by atoms with Crippen LogP contribution in [0, 0.1) is 18.6 Å². The molecule has 0 bridgehead atoms. The predicted octanol–water partition coefficient (Wildman–Crippen LogP) is 3.20. The Balaban J connectivity index is 1.72. The molecule has 3 heterocycles. The molecule has 11 nitrogen and oxygen atoms in total. The normalized spacial score (nSPS) is 16.8. The molecule has 0 unspecified atom stereocenters. The quantitative estimate of drug-likeness (QED) is 0.413. The summed E-state index contributed by atoms with van der Waals surface area (Å²) in [7, 11) is -2.68. The average molecular weight is 539 g/mol. The van der Waals surface area contributed by atoms with Crippen molar-refractivity contribution < 1.29 is 31.4 Å². The highest BCUT2D eigenvalue weighted by molar-refractivity contribution is 7.93. The Hall–Kier alpha value is -3.23. The van der Waals surface area contributed by atoms with Gasteiger partial charge >= 0.3 is 0 Å². The van der Waals surface area contributed by atoms with Gasteiger partial charge in [0.05, 0.1) is 18.2 Å². The minimum absolute atomic E-state index is 0.0271. The molecule has 14 heteroatoms. The van der Waals surface area contributed by atoms with Crippen LogP contribution in [0.2, 0.25) is 0 Å². The van der Waals surface area contributed by atoms with E-state index >= 15 is 0 Å². The highest BCUT2D eigenvalue weighted by Gasteiger charge is 2.36. The fourth-order valence-corrected chi connectivity index (χ4v) is 4.99. The number of halogens is 2. The first-order valence-corrected chi connectivity index (χ1v) is 13.2. The van der Waals surface area contributed by atoms with Crippen LogP contribution in [0.1, 0.15) is 43.8 Å². The Bertz CT molecular complexity index is 1350. The van der Waals surface area contributed by atoms with Crippen LogP contribution in [-0.4, -0.2) is 65.3 Å². The molecule has 0 saturated heterocycles. The lowest BCUT2D eigenvalue weighted by atomic mass is 10.1.